The molecule has 1 aromatic carbocycles. The maximum Gasteiger partial charge on any atom is 0.349 e. The Morgan fingerprint density at radius 1 is 1.29 bits per heavy atom. The van der Waals surface area contributed by atoms with Crippen LogP contribution in [-0.2, 0) is 27.4 Å². The number of hydrogen-bond donors (Lipinski definition) is 0. The second kappa shape index (κ2) is 10.6. The molecule has 0 saturated heterocycles. The molecule has 31 heavy (non-hydrogen) atoms. The first-order valence-corrected chi connectivity index (χ1v) is 10.1. The maximum absolute atomic E-state index is 13.7. The third-order valence-corrected chi connectivity index (χ3v) is 4.92. The number of ether oxygens (including phenoxy) is 1. The number of hydrogen-bond acceptors (Lipinski definition) is 4. The molecule has 0 atom stereocenters. The molecule has 0 radical (unpaired) electrons. The van der Waals surface area contributed by atoms with Gasteiger partial charge in [-0.1, -0.05) is 32.0 Å². The highest BCUT2D eigenvalue weighted by atomic mass is 19.1. The van der Waals surface area contributed by atoms with Gasteiger partial charge in [0.1, 0.15) is 17.5 Å². The van der Waals surface area contributed by atoms with Crippen LogP contribution in [0.25, 0.3) is 6.08 Å². The van der Waals surface area contributed by atoms with Crippen molar-refractivity contribution in [1.29, 1.82) is 5.26 Å². The van der Waals surface area contributed by atoms with Gasteiger partial charge in [0.25, 0.3) is 5.91 Å². The van der Waals surface area contributed by atoms with Gasteiger partial charge in [0, 0.05) is 37.1 Å². The highest BCUT2D eigenvalue weighted by Gasteiger charge is 2.18. The zero-order chi connectivity index (χ0) is 23.1. The number of amides is 1. The number of carbonyl (C=O) groups is 2. The van der Waals surface area contributed by atoms with Crippen molar-refractivity contribution in [3.05, 3.63) is 64.2 Å². The first-order valence-electron chi connectivity index (χ1n) is 10.1. The van der Waals surface area contributed by atoms with Crippen LogP contribution in [0, 0.1) is 36.9 Å². The molecule has 0 fully saturated rings. The quantitative estimate of drug-likeness (QED) is 0.364. The fourth-order valence-electron chi connectivity index (χ4n) is 3.20. The molecule has 0 unspecified atom stereocenters. The van der Waals surface area contributed by atoms with Gasteiger partial charge in [0.15, 0.2) is 6.61 Å². The van der Waals surface area contributed by atoms with Crippen LogP contribution in [0.3, 0.4) is 0 Å². The number of aromatic nitrogens is 1. The Balaban J connectivity index is 2.04. The van der Waals surface area contributed by atoms with Gasteiger partial charge in [-0.3, -0.25) is 4.79 Å². The number of halogens is 1. The standard InChI is InChI=1S/C24H28FN3O3/c1-16(2)13-28-17(3)10-20(18(28)4)11-21(12-26)24(30)31-15-23(29)27(5)14-19-8-6-7-9-22(19)25/h6-11,16H,13-15H2,1-5H3/b21-11+. The SMILES string of the molecule is Cc1cc(/C=C(\C#N)C(=O)OCC(=O)N(C)Cc2ccccc2F)c(C)n1CC(C)C. The van der Waals surface area contributed by atoms with Gasteiger partial charge in [0.2, 0.25) is 0 Å². The normalized spacial score (nSPS) is 11.4. The van der Waals surface area contributed by atoms with E-state index in [9.17, 15) is 19.2 Å². The Bertz CT molecular complexity index is 1030. The van der Waals surface area contributed by atoms with Gasteiger partial charge < -0.3 is 14.2 Å². The molecule has 1 amide bonds. The van der Waals surface area contributed by atoms with Gasteiger partial charge in [-0.15, -0.1) is 0 Å². The van der Waals surface area contributed by atoms with Crippen molar-refractivity contribution < 1.29 is 18.7 Å². The van der Waals surface area contributed by atoms with E-state index in [0.29, 0.717) is 11.5 Å². The molecule has 0 spiro atoms. The molecule has 0 aliphatic rings. The molecule has 7 heteroatoms. The monoisotopic (exact) mass is 425 g/mol. The van der Waals surface area contributed by atoms with Crippen LogP contribution < -0.4 is 0 Å². The van der Waals surface area contributed by atoms with Crippen LogP contribution in [-0.4, -0.2) is 35.0 Å². The summed E-state index contributed by atoms with van der Waals surface area (Å²) in [5.41, 5.74) is 2.92. The first-order chi connectivity index (χ1) is 14.6. The predicted octanol–water partition coefficient (Wildman–Crippen LogP) is 4.01. The number of nitriles is 1. The van der Waals surface area contributed by atoms with Gasteiger partial charge in [0.05, 0.1) is 0 Å². The molecular formula is C24H28FN3O3. The summed E-state index contributed by atoms with van der Waals surface area (Å²) >= 11 is 0. The third-order valence-electron chi connectivity index (χ3n) is 4.92. The molecule has 1 aromatic heterocycles. The smallest absolute Gasteiger partial charge is 0.349 e. The molecule has 2 rings (SSSR count). The van der Waals surface area contributed by atoms with E-state index in [4.69, 9.17) is 4.74 Å². The average molecular weight is 426 g/mol. The fourth-order valence-corrected chi connectivity index (χ4v) is 3.20. The number of nitrogens with zero attached hydrogens (tertiary/aromatic N) is 3. The summed E-state index contributed by atoms with van der Waals surface area (Å²) in [5.74, 6) is -1.33. The zero-order valence-electron chi connectivity index (χ0n) is 18.6. The van der Waals surface area contributed by atoms with E-state index < -0.39 is 24.3 Å². The molecule has 0 bridgehead atoms. The number of carbonyl (C=O) groups excluding carboxylic acids is 2. The molecule has 0 saturated carbocycles. The van der Waals surface area contributed by atoms with Crippen molar-refractivity contribution in [2.45, 2.75) is 40.8 Å². The van der Waals surface area contributed by atoms with Crippen LogP contribution in [0.5, 0.6) is 0 Å². The van der Waals surface area contributed by atoms with E-state index in [1.807, 2.05) is 26.0 Å². The summed E-state index contributed by atoms with van der Waals surface area (Å²) in [6.07, 6.45) is 1.48. The number of benzene rings is 1. The Kier molecular flexibility index (Phi) is 8.14. The number of likely N-dealkylation sites (N-methyl/N-ethyl adjacent to an activating group) is 1. The minimum absolute atomic E-state index is 0.0475. The molecule has 6 nitrogen and oxygen atoms in total. The second-order valence-corrected chi connectivity index (χ2v) is 7.92. The van der Waals surface area contributed by atoms with Gasteiger partial charge >= 0.3 is 5.97 Å². The lowest BCUT2D eigenvalue weighted by Crippen LogP contribution is -2.31. The van der Waals surface area contributed by atoms with Crippen molar-refractivity contribution in [2.24, 2.45) is 5.92 Å². The molecule has 2 aromatic rings. The molecule has 0 aliphatic carbocycles. The van der Waals surface area contributed by atoms with E-state index in [1.165, 1.54) is 24.1 Å². The summed E-state index contributed by atoms with van der Waals surface area (Å²) in [5, 5.41) is 9.41. The fraction of sp³-hybridized carbons (Fsp3) is 0.375. The summed E-state index contributed by atoms with van der Waals surface area (Å²) < 4.78 is 20.9. The van der Waals surface area contributed by atoms with Crippen LogP contribution in [0.4, 0.5) is 4.39 Å². The van der Waals surface area contributed by atoms with Crippen LogP contribution in [0.15, 0.2) is 35.9 Å². The molecular weight excluding hydrogens is 397 g/mol. The summed E-state index contributed by atoms with van der Waals surface area (Å²) in [6, 6.07) is 9.91. The van der Waals surface area contributed by atoms with Crippen LogP contribution in [0.1, 0.15) is 36.4 Å². The van der Waals surface area contributed by atoms with Crippen molar-refractivity contribution in [3.8, 4) is 6.07 Å². The lowest BCUT2D eigenvalue weighted by molar-refractivity contribution is -0.148. The van der Waals surface area contributed by atoms with Crippen LogP contribution in [0.2, 0.25) is 0 Å². The number of rotatable bonds is 8. The zero-order valence-corrected chi connectivity index (χ0v) is 18.6. The molecule has 164 valence electrons. The highest BCUT2D eigenvalue weighted by Crippen LogP contribution is 2.20. The van der Waals surface area contributed by atoms with Crippen molar-refractivity contribution >= 4 is 18.0 Å². The summed E-state index contributed by atoms with van der Waals surface area (Å²) in [6.45, 7) is 8.49. The number of aryl methyl sites for hydroxylation is 1. The topological polar surface area (TPSA) is 75.3 Å². The predicted molar refractivity (Wildman–Crippen MR) is 116 cm³/mol. The Morgan fingerprint density at radius 3 is 2.58 bits per heavy atom. The van der Waals surface area contributed by atoms with Gasteiger partial charge in [-0.25, -0.2) is 9.18 Å². The summed E-state index contributed by atoms with van der Waals surface area (Å²) in [4.78, 5) is 25.9. The molecule has 0 N–H and O–H groups in total. The lowest BCUT2D eigenvalue weighted by Gasteiger charge is -2.17. The largest absolute Gasteiger partial charge is 0.451 e. The maximum atomic E-state index is 13.7. The van der Waals surface area contributed by atoms with Crippen LogP contribution >= 0.6 is 0 Å². The van der Waals surface area contributed by atoms with Gasteiger partial charge in [-0.05, 0) is 43.5 Å². The summed E-state index contributed by atoms with van der Waals surface area (Å²) in [7, 11) is 1.49. The van der Waals surface area contributed by atoms with E-state index in [-0.39, 0.29) is 12.1 Å². The third kappa shape index (κ3) is 6.29. The van der Waals surface area contributed by atoms with E-state index in [2.05, 4.69) is 18.4 Å². The average Bonchev–Trinajstić information content (AvgIpc) is 2.98. The van der Waals surface area contributed by atoms with E-state index in [1.54, 1.807) is 18.2 Å². The second-order valence-electron chi connectivity index (χ2n) is 7.92. The van der Waals surface area contributed by atoms with Crippen molar-refractivity contribution in [3.63, 3.8) is 0 Å². The van der Waals surface area contributed by atoms with Gasteiger partial charge in [-0.2, -0.15) is 5.26 Å². The van der Waals surface area contributed by atoms with E-state index in [0.717, 1.165) is 23.5 Å². The van der Waals surface area contributed by atoms with E-state index >= 15 is 0 Å². The minimum atomic E-state index is -0.871. The first kappa shape index (κ1) is 23.9. The lowest BCUT2D eigenvalue weighted by atomic mass is 10.1. The molecule has 1 heterocycles. The highest BCUT2D eigenvalue weighted by molar-refractivity contribution is 5.99. The Morgan fingerprint density at radius 2 is 1.97 bits per heavy atom. The number of esters is 1. The Hall–Kier alpha value is -3.40. The van der Waals surface area contributed by atoms with Crippen molar-refractivity contribution in [2.75, 3.05) is 13.7 Å². The Labute approximate surface area is 182 Å². The molecule has 0 aliphatic heterocycles. The van der Waals surface area contributed by atoms with Crippen molar-refractivity contribution in [1.82, 2.24) is 9.47 Å². The minimum Gasteiger partial charge on any atom is -0.451 e.